The molecule has 0 N–H and O–H groups in total. The first-order valence-corrected chi connectivity index (χ1v) is 8.67. The quantitative estimate of drug-likeness (QED) is 0.757. The van der Waals surface area contributed by atoms with E-state index in [1.165, 1.54) is 18.4 Å². The van der Waals surface area contributed by atoms with Gasteiger partial charge in [-0.3, -0.25) is 9.69 Å². The van der Waals surface area contributed by atoms with Crippen LogP contribution in [0.1, 0.15) is 24.8 Å². The molecule has 2 saturated heterocycles. The highest BCUT2D eigenvalue weighted by atomic mass is 79.9. The van der Waals surface area contributed by atoms with Gasteiger partial charge in [0.25, 0.3) is 5.91 Å². The lowest BCUT2D eigenvalue weighted by molar-refractivity contribution is -0.124. The second-order valence-corrected chi connectivity index (χ2v) is 6.85. The van der Waals surface area contributed by atoms with Crippen molar-refractivity contribution in [1.82, 2.24) is 9.80 Å². The first-order chi connectivity index (χ1) is 10.7. The van der Waals surface area contributed by atoms with Crippen LogP contribution in [0.2, 0.25) is 0 Å². The van der Waals surface area contributed by atoms with Gasteiger partial charge in [-0.2, -0.15) is 0 Å². The maximum atomic E-state index is 11.9. The summed E-state index contributed by atoms with van der Waals surface area (Å²) < 4.78 is 0. The average Bonchev–Trinajstić information content (AvgIpc) is 2.95. The van der Waals surface area contributed by atoms with Crippen LogP contribution < -0.4 is 0 Å². The van der Waals surface area contributed by atoms with Gasteiger partial charge < -0.3 is 4.90 Å². The highest BCUT2D eigenvalue weighted by Crippen LogP contribution is 2.40. The molecular weight excluding hydrogens is 340 g/mol. The largest absolute Gasteiger partial charge is 0.331 e. The summed E-state index contributed by atoms with van der Waals surface area (Å²) in [6.45, 7) is 5.03. The SMILES string of the molecule is O=C(C#CBr)N1CCC2(CCN(Cc3ccccc3)CC2)C1. The van der Waals surface area contributed by atoms with Crippen LogP contribution in [0.5, 0.6) is 0 Å². The number of halogens is 1. The standard InChI is InChI=1S/C18H21BrN2O/c19-10-6-17(22)21-13-9-18(15-21)7-11-20(12-8-18)14-16-4-2-1-3-5-16/h1-5H,7-9,11-15H2. The van der Waals surface area contributed by atoms with Crippen molar-refractivity contribution in [1.29, 1.82) is 0 Å². The van der Waals surface area contributed by atoms with Gasteiger partial charge in [-0.15, -0.1) is 0 Å². The van der Waals surface area contributed by atoms with E-state index in [0.717, 1.165) is 39.1 Å². The lowest BCUT2D eigenvalue weighted by Crippen LogP contribution is -2.41. The van der Waals surface area contributed by atoms with Crippen molar-refractivity contribution in [2.24, 2.45) is 5.41 Å². The molecule has 22 heavy (non-hydrogen) atoms. The predicted octanol–water partition coefficient (Wildman–Crippen LogP) is 2.86. The molecule has 4 heteroatoms. The van der Waals surface area contributed by atoms with Crippen molar-refractivity contribution in [2.45, 2.75) is 25.8 Å². The topological polar surface area (TPSA) is 23.6 Å². The molecule has 3 rings (SSSR count). The van der Waals surface area contributed by atoms with Crippen LogP contribution in [0.25, 0.3) is 0 Å². The number of piperidine rings is 1. The van der Waals surface area contributed by atoms with Crippen molar-refractivity contribution >= 4 is 21.8 Å². The number of rotatable bonds is 2. The number of likely N-dealkylation sites (tertiary alicyclic amines) is 2. The van der Waals surface area contributed by atoms with Crippen molar-refractivity contribution in [2.75, 3.05) is 26.2 Å². The van der Waals surface area contributed by atoms with E-state index in [9.17, 15) is 4.79 Å². The fraction of sp³-hybridized carbons (Fsp3) is 0.500. The number of hydrogen-bond acceptors (Lipinski definition) is 2. The minimum absolute atomic E-state index is 0.0412. The number of carbonyl (C=O) groups excluding carboxylic acids is 1. The van der Waals surface area contributed by atoms with Crippen molar-refractivity contribution in [3.8, 4) is 10.8 Å². The molecule has 1 spiro atoms. The summed E-state index contributed by atoms with van der Waals surface area (Å²) in [4.78, 5) is 18.9. The van der Waals surface area contributed by atoms with Crippen LogP contribution in [0.3, 0.4) is 0 Å². The van der Waals surface area contributed by atoms with E-state index < -0.39 is 0 Å². The Morgan fingerprint density at radius 3 is 2.50 bits per heavy atom. The van der Waals surface area contributed by atoms with E-state index in [4.69, 9.17) is 0 Å². The van der Waals surface area contributed by atoms with E-state index in [2.05, 4.69) is 61.9 Å². The minimum Gasteiger partial charge on any atom is -0.331 e. The van der Waals surface area contributed by atoms with Gasteiger partial charge in [0.05, 0.1) is 0 Å². The van der Waals surface area contributed by atoms with Gasteiger partial charge in [-0.25, -0.2) is 0 Å². The Morgan fingerprint density at radius 2 is 1.82 bits per heavy atom. The summed E-state index contributed by atoms with van der Waals surface area (Å²) in [5, 5.41) is 0. The number of carbonyl (C=O) groups is 1. The molecule has 2 aliphatic rings. The monoisotopic (exact) mass is 360 g/mol. The zero-order chi connectivity index (χ0) is 15.4. The number of benzene rings is 1. The first kappa shape index (κ1) is 15.6. The van der Waals surface area contributed by atoms with Crippen molar-refractivity contribution in [3.63, 3.8) is 0 Å². The molecule has 2 aliphatic heterocycles. The number of hydrogen-bond donors (Lipinski definition) is 0. The summed E-state index contributed by atoms with van der Waals surface area (Å²) in [6, 6.07) is 10.7. The highest BCUT2D eigenvalue weighted by molar-refractivity contribution is 9.12. The third-order valence-corrected chi connectivity index (χ3v) is 5.24. The fourth-order valence-electron chi connectivity index (χ4n) is 3.66. The van der Waals surface area contributed by atoms with Gasteiger partial charge >= 0.3 is 0 Å². The first-order valence-electron chi connectivity index (χ1n) is 7.88. The molecule has 116 valence electrons. The maximum absolute atomic E-state index is 11.9. The number of amides is 1. The van der Waals surface area contributed by atoms with Crippen LogP contribution >= 0.6 is 15.9 Å². The Morgan fingerprint density at radius 1 is 1.14 bits per heavy atom. The average molecular weight is 361 g/mol. The van der Waals surface area contributed by atoms with E-state index in [0.29, 0.717) is 5.41 Å². The summed E-state index contributed by atoms with van der Waals surface area (Å²) in [5.74, 6) is 2.55. The molecule has 2 heterocycles. The third-order valence-electron chi connectivity index (χ3n) is 5.05. The Balaban J connectivity index is 1.53. The molecule has 0 bridgehead atoms. The zero-order valence-electron chi connectivity index (χ0n) is 12.7. The van der Waals surface area contributed by atoms with Gasteiger partial charge in [0.1, 0.15) is 0 Å². The molecule has 3 nitrogen and oxygen atoms in total. The Bertz CT molecular complexity index is 582. The van der Waals surface area contributed by atoms with E-state index in [-0.39, 0.29) is 5.91 Å². The molecule has 0 atom stereocenters. The molecule has 0 aromatic heterocycles. The fourth-order valence-corrected chi connectivity index (χ4v) is 3.83. The smallest absolute Gasteiger partial charge is 0.299 e. The normalized spacial score (nSPS) is 20.7. The molecule has 0 radical (unpaired) electrons. The van der Waals surface area contributed by atoms with Crippen LogP contribution in [0.15, 0.2) is 30.3 Å². The van der Waals surface area contributed by atoms with E-state index in [1.807, 2.05) is 4.90 Å². The van der Waals surface area contributed by atoms with Gasteiger partial charge in [0, 0.05) is 41.5 Å². The molecule has 2 fully saturated rings. The van der Waals surface area contributed by atoms with Gasteiger partial charge in [0.15, 0.2) is 0 Å². The van der Waals surface area contributed by atoms with Crippen molar-refractivity contribution in [3.05, 3.63) is 35.9 Å². The zero-order valence-corrected chi connectivity index (χ0v) is 14.3. The Kier molecular flexibility index (Phi) is 4.85. The Hall–Kier alpha value is -1.31. The highest BCUT2D eigenvalue weighted by Gasteiger charge is 2.41. The van der Waals surface area contributed by atoms with Crippen LogP contribution in [-0.4, -0.2) is 41.9 Å². The van der Waals surface area contributed by atoms with E-state index >= 15 is 0 Å². The second-order valence-electron chi connectivity index (χ2n) is 6.46. The molecular formula is C18H21BrN2O. The third kappa shape index (κ3) is 3.53. The molecule has 0 unspecified atom stereocenters. The minimum atomic E-state index is -0.0412. The van der Waals surface area contributed by atoms with Gasteiger partial charge in [-0.05, 0) is 48.2 Å². The molecule has 1 amide bonds. The molecule has 0 saturated carbocycles. The van der Waals surface area contributed by atoms with Gasteiger partial charge in [-0.1, -0.05) is 30.3 Å². The van der Waals surface area contributed by atoms with Crippen LogP contribution in [0.4, 0.5) is 0 Å². The predicted molar refractivity (Wildman–Crippen MR) is 91.3 cm³/mol. The molecule has 0 aliphatic carbocycles. The molecule has 1 aromatic carbocycles. The van der Waals surface area contributed by atoms with Crippen LogP contribution in [-0.2, 0) is 11.3 Å². The summed E-state index contributed by atoms with van der Waals surface area (Å²) in [5.41, 5.74) is 1.71. The van der Waals surface area contributed by atoms with Crippen LogP contribution in [0, 0.1) is 16.2 Å². The second kappa shape index (κ2) is 6.85. The summed E-state index contributed by atoms with van der Waals surface area (Å²) in [7, 11) is 0. The van der Waals surface area contributed by atoms with Gasteiger partial charge in [0.2, 0.25) is 0 Å². The lowest BCUT2D eigenvalue weighted by Gasteiger charge is -2.39. The van der Waals surface area contributed by atoms with E-state index in [1.54, 1.807) is 0 Å². The maximum Gasteiger partial charge on any atom is 0.299 e. The summed E-state index contributed by atoms with van der Waals surface area (Å²) >= 11 is 3.01. The summed E-state index contributed by atoms with van der Waals surface area (Å²) in [6.07, 6.45) is 3.50. The number of nitrogens with zero attached hydrogens (tertiary/aromatic N) is 2. The lowest BCUT2D eigenvalue weighted by atomic mass is 9.77. The molecule has 1 aromatic rings. The Labute approximate surface area is 140 Å². The van der Waals surface area contributed by atoms with Crippen molar-refractivity contribution < 1.29 is 4.79 Å².